The molecule has 1 aromatic rings. The average Bonchev–Trinajstić information content (AvgIpc) is 2.47. The quantitative estimate of drug-likeness (QED) is 0.759. The number of carbonyl (C=O) groups is 1. The van der Waals surface area contributed by atoms with Gasteiger partial charge in [0.05, 0.1) is 6.61 Å². The minimum Gasteiger partial charge on any atom is -0.392 e. The van der Waals surface area contributed by atoms with Crippen LogP contribution in [0.15, 0.2) is 24.3 Å². The van der Waals surface area contributed by atoms with Crippen LogP contribution in [0.25, 0.3) is 0 Å². The van der Waals surface area contributed by atoms with Crippen molar-refractivity contribution in [3.63, 3.8) is 0 Å². The summed E-state index contributed by atoms with van der Waals surface area (Å²) >= 11 is 0. The first-order valence-corrected chi connectivity index (χ1v) is 6.99. The van der Waals surface area contributed by atoms with Gasteiger partial charge in [0, 0.05) is 17.7 Å². The Labute approximate surface area is 114 Å². The number of para-hydroxylation sites is 1. The highest BCUT2D eigenvalue weighted by molar-refractivity contribution is 5.91. The first kappa shape index (κ1) is 14.0. The Hall–Kier alpha value is -1.39. The van der Waals surface area contributed by atoms with E-state index in [4.69, 9.17) is 0 Å². The molecule has 1 heterocycles. The third-order valence-corrected chi connectivity index (χ3v) is 3.70. The normalized spacial score (nSPS) is 16.3. The molecular formula is C15H22N2O2. The Morgan fingerprint density at radius 1 is 1.32 bits per heavy atom. The number of amides is 1. The fraction of sp³-hybridized carbons (Fsp3) is 0.533. The molecule has 0 saturated carbocycles. The molecule has 1 aromatic carbocycles. The summed E-state index contributed by atoms with van der Waals surface area (Å²) in [6.45, 7) is 2.09. The molecule has 2 rings (SSSR count). The third kappa shape index (κ3) is 4.33. The highest BCUT2D eigenvalue weighted by Crippen LogP contribution is 2.19. The van der Waals surface area contributed by atoms with Gasteiger partial charge in [-0.25, -0.2) is 0 Å². The first-order valence-electron chi connectivity index (χ1n) is 6.99. The van der Waals surface area contributed by atoms with E-state index in [1.54, 1.807) is 0 Å². The van der Waals surface area contributed by atoms with E-state index in [2.05, 4.69) is 10.6 Å². The van der Waals surface area contributed by atoms with Crippen molar-refractivity contribution in [2.75, 3.05) is 18.4 Å². The third-order valence-electron chi connectivity index (χ3n) is 3.70. The SMILES string of the molecule is O=C(CCC1CCNCC1)Nc1ccccc1CO. The minimum absolute atomic E-state index is 0.0411. The Balaban J connectivity index is 1.80. The van der Waals surface area contributed by atoms with Crippen LogP contribution in [0, 0.1) is 5.92 Å². The number of hydrogen-bond donors (Lipinski definition) is 3. The molecule has 0 aliphatic carbocycles. The molecular weight excluding hydrogens is 240 g/mol. The van der Waals surface area contributed by atoms with Crippen LogP contribution in [0.4, 0.5) is 5.69 Å². The zero-order chi connectivity index (χ0) is 13.5. The number of carbonyl (C=O) groups excluding carboxylic acids is 1. The van der Waals surface area contributed by atoms with Crippen LogP contribution in [-0.2, 0) is 11.4 Å². The van der Waals surface area contributed by atoms with Crippen molar-refractivity contribution >= 4 is 11.6 Å². The van der Waals surface area contributed by atoms with Gasteiger partial charge >= 0.3 is 0 Å². The van der Waals surface area contributed by atoms with E-state index in [0.717, 1.165) is 30.8 Å². The van der Waals surface area contributed by atoms with Crippen LogP contribution in [0.1, 0.15) is 31.2 Å². The van der Waals surface area contributed by atoms with Crippen molar-refractivity contribution in [1.82, 2.24) is 5.32 Å². The van der Waals surface area contributed by atoms with E-state index in [0.29, 0.717) is 12.3 Å². The van der Waals surface area contributed by atoms with Gasteiger partial charge in [0.25, 0.3) is 0 Å². The lowest BCUT2D eigenvalue weighted by Crippen LogP contribution is -2.28. The molecule has 0 spiro atoms. The molecule has 104 valence electrons. The Bertz CT molecular complexity index is 414. The van der Waals surface area contributed by atoms with Crippen molar-refractivity contribution in [1.29, 1.82) is 0 Å². The second-order valence-corrected chi connectivity index (χ2v) is 5.10. The molecule has 4 nitrogen and oxygen atoms in total. The number of hydrogen-bond acceptors (Lipinski definition) is 3. The zero-order valence-electron chi connectivity index (χ0n) is 11.2. The molecule has 0 aromatic heterocycles. The van der Waals surface area contributed by atoms with Crippen LogP contribution < -0.4 is 10.6 Å². The highest BCUT2D eigenvalue weighted by Gasteiger charge is 2.14. The highest BCUT2D eigenvalue weighted by atomic mass is 16.3. The first-order chi connectivity index (χ1) is 9.29. The number of piperidine rings is 1. The number of benzene rings is 1. The molecule has 0 unspecified atom stereocenters. The fourth-order valence-corrected chi connectivity index (χ4v) is 2.50. The number of nitrogens with one attached hydrogen (secondary N) is 2. The molecule has 0 atom stereocenters. The van der Waals surface area contributed by atoms with E-state index < -0.39 is 0 Å². The Morgan fingerprint density at radius 3 is 2.79 bits per heavy atom. The lowest BCUT2D eigenvalue weighted by atomic mass is 9.93. The predicted octanol–water partition coefficient (Wildman–Crippen LogP) is 1.90. The van der Waals surface area contributed by atoms with Crippen LogP contribution in [0.5, 0.6) is 0 Å². The van der Waals surface area contributed by atoms with Crippen LogP contribution >= 0.6 is 0 Å². The monoisotopic (exact) mass is 262 g/mol. The summed E-state index contributed by atoms with van der Waals surface area (Å²) in [6.07, 6.45) is 3.85. The van der Waals surface area contributed by atoms with Gasteiger partial charge in [-0.3, -0.25) is 4.79 Å². The molecule has 1 amide bonds. The maximum Gasteiger partial charge on any atom is 0.224 e. The molecule has 1 fully saturated rings. The second-order valence-electron chi connectivity index (χ2n) is 5.10. The zero-order valence-corrected chi connectivity index (χ0v) is 11.2. The van der Waals surface area contributed by atoms with Gasteiger partial charge in [-0.05, 0) is 44.3 Å². The van der Waals surface area contributed by atoms with Crippen LogP contribution in [0.3, 0.4) is 0 Å². The van der Waals surface area contributed by atoms with Gasteiger partial charge in [-0.2, -0.15) is 0 Å². The molecule has 1 aliphatic rings. The summed E-state index contributed by atoms with van der Waals surface area (Å²) < 4.78 is 0. The van der Waals surface area contributed by atoms with Gasteiger partial charge in [0.2, 0.25) is 5.91 Å². The summed E-state index contributed by atoms with van der Waals surface area (Å²) in [5.74, 6) is 0.708. The number of anilines is 1. The summed E-state index contributed by atoms with van der Waals surface area (Å²) in [4.78, 5) is 11.9. The lowest BCUT2D eigenvalue weighted by molar-refractivity contribution is -0.116. The van der Waals surface area contributed by atoms with Crippen LogP contribution in [-0.4, -0.2) is 24.1 Å². The topological polar surface area (TPSA) is 61.4 Å². The maximum absolute atomic E-state index is 11.9. The predicted molar refractivity (Wildman–Crippen MR) is 75.8 cm³/mol. The average molecular weight is 262 g/mol. The smallest absolute Gasteiger partial charge is 0.224 e. The summed E-state index contributed by atoms with van der Waals surface area (Å²) in [6, 6.07) is 7.37. The lowest BCUT2D eigenvalue weighted by Gasteiger charge is -2.22. The van der Waals surface area contributed by atoms with Gasteiger partial charge in [0.1, 0.15) is 0 Å². The van der Waals surface area contributed by atoms with E-state index in [-0.39, 0.29) is 12.5 Å². The maximum atomic E-state index is 11.9. The van der Waals surface area contributed by atoms with E-state index in [9.17, 15) is 9.90 Å². The van der Waals surface area contributed by atoms with Gasteiger partial charge in [0.15, 0.2) is 0 Å². The summed E-state index contributed by atoms with van der Waals surface area (Å²) in [5, 5.41) is 15.4. The molecule has 0 bridgehead atoms. The van der Waals surface area contributed by atoms with Crippen molar-refractivity contribution < 1.29 is 9.90 Å². The number of aliphatic hydroxyl groups is 1. The summed E-state index contributed by atoms with van der Waals surface area (Å²) in [7, 11) is 0. The van der Waals surface area contributed by atoms with Crippen LogP contribution in [0.2, 0.25) is 0 Å². The fourth-order valence-electron chi connectivity index (χ4n) is 2.50. The molecule has 3 N–H and O–H groups in total. The van der Waals surface area contributed by atoms with E-state index >= 15 is 0 Å². The van der Waals surface area contributed by atoms with Gasteiger partial charge in [-0.15, -0.1) is 0 Å². The van der Waals surface area contributed by atoms with Crippen molar-refractivity contribution in [2.24, 2.45) is 5.92 Å². The van der Waals surface area contributed by atoms with E-state index in [1.165, 1.54) is 12.8 Å². The minimum atomic E-state index is -0.0508. The van der Waals surface area contributed by atoms with Crippen molar-refractivity contribution in [3.05, 3.63) is 29.8 Å². The van der Waals surface area contributed by atoms with E-state index in [1.807, 2.05) is 24.3 Å². The Kier molecular flexibility index (Phi) is 5.36. The summed E-state index contributed by atoms with van der Waals surface area (Å²) in [5.41, 5.74) is 1.48. The second kappa shape index (κ2) is 7.26. The standard InChI is InChI=1S/C15H22N2O2/c18-11-13-3-1-2-4-14(13)17-15(19)6-5-12-7-9-16-10-8-12/h1-4,12,16,18H,5-11H2,(H,17,19). The largest absolute Gasteiger partial charge is 0.392 e. The van der Waals surface area contributed by atoms with Crippen molar-refractivity contribution in [2.45, 2.75) is 32.3 Å². The van der Waals surface area contributed by atoms with Gasteiger partial charge in [-0.1, -0.05) is 18.2 Å². The number of rotatable bonds is 5. The van der Waals surface area contributed by atoms with Gasteiger partial charge < -0.3 is 15.7 Å². The molecule has 1 aliphatic heterocycles. The molecule has 19 heavy (non-hydrogen) atoms. The molecule has 0 radical (unpaired) electrons. The molecule has 4 heteroatoms. The Morgan fingerprint density at radius 2 is 2.05 bits per heavy atom. The molecule has 1 saturated heterocycles. The number of aliphatic hydroxyl groups excluding tert-OH is 1. The van der Waals surface area contributed by atoms with Crippen molar-refractivity contribution in [3.8, 4) is 0 Å².